The molecule has 118 valence electrons. The second-order valence-corrected chi connectivity index (χ2v) is 4.92. The fourth-order valence-corrected chi connectivity index (χ4v) is 2.28. The van der Waals surface area contributed by atoms with Gasteiger partial charge in [0.1, 0.15) is 18.4 Å². The maximum atomic E-state index is 10.9. The molecule has 5 nitrogen and oxygen atoms in total. The Labute approximate surface area is 136 Å². The van der Waals surface area contributed by atoms with Crippen LogP contribution in [0, 0.1) is 0 Å². The third-order valence-corrected chi connectivity index (χ3v) is 3.30. The van der Waals surface area contributed by atoms with Crippen molar-refractivity contribution in [3.63, 3.8) is 0 Å². The van der Waals surface area contributed by atoms with E-state index < -0.39 is 0 Å². The van der Waals surface area contributed by atoms with E-state index in [1.807, 2.05) is 18.2 Å². The molecular weight excluding hydrogens is 288 g/mol. The van der Waals surface area contributed by atoms with Crippen molar-refractivity contribution in [2.45, 2.75) is 19.8 Å². The average Bonchev–Trinajstić information content (AvgIpc) is 2.60. The highest BCUT2D eigenvalue weighted by Gasteiger charge is 2.12. The minimum atomic E-state index is 0.297. The lowest BCUT2D eigenvalue weighted by molar-refractivity contribution is -0.107. The number of nitrogens with zero attached hydrogens (tertiary/aromatic N) is 4. The van der Waals surface area contributed by atoms with Gasteiger partial charge >= 0.3 is 0 Å². The average molecular weight is 308 g/mol. The molecule has 0 aliphatic carbocycles. The third kappa shape index (κ3) is 4.32. The molecule has 23 heavy (non-hydrogen) atoms. The number of hydrogen-bond acceptors (Lipinski definition) is 5. The molecule has 2 rings (SSSR count). The number of allylic oxidation sites excluding steroid dienone is 3. The summed E-state index contributed by atoms with van der Waals surface area (Å²) in [4.78, 5) is 25.7. The fraction of sp³-hybridized carbons (Fsp3) is 0.222. The van der Waals surface area contributed by atoms with Crippen LogP contribution in [-0.4, -0.2) is 27.8 Å². The molecule has 0 saturated heterocycles. The first kappa shape index (κ1) is 16.5. The Bertz CT molecular complexity index is 682. The first-order valence-corrected chi connectivity index (χ1v) is 7.55. The highest BCUT2D eigenvalue weighted by molar-refractivity contribution is 5.77. The summed E-state index contributed by atoms with van der Waals surface area (Å²) < 4.78 is 0. The van der Waals surface area contributed by atoms with Crippen LogP contribution in [0.15, 0.2) is 55.7 Å². The monoisotopic (exact) mass is 308 g/mol. The maximum absolute atomic E-state index is 10.9. The minimum absolute atomic E-state index is 0.297. The lowest BCUT2D eigenvalue weighted by Gasteiger charge is -2.23. The van der Waals surface area contributed by atoms with Crippen molar-refractivity contribution in [3.05, 3.63) is 61.3 Å². The van der Waals surface area contributed by atoms with Gasteiger partial charge < -0.3 is 9.69 Å². The van der Waals surface area contributed by atoms with E-state index in [9.17, 15) is 4.79 Å². The Morgan fingerprint density at radius 1 is 1.30 bits per heavy atom. The van der Waals surface area contributed by atoms with Crippen LogP contribution in [-0.2, 0) is 4.79 Å². The van der Waals surface area contributed by atoms with Gasteiger partial charge in [0.25, 0.3) is 0 Å². The molecule has 0 spiro atoms. The van der Waals surface area contributed by atoms with Crippen LogP contribution in [0.3, 0.4) is 0 Å². The van der Waals surface area contributed by atoms with E-state index in [1.165, 1.54) is 6.33 Å². The predicted octanol–water partition coefficient (Wildman–Crippen LogP) is 3.58. The molecular formula is C18H20N4O. The summed E-state index contributed by atoms with van der Waals surface area (Å²) in [5.74, 6) is 0.795. The number of pyridine rings is 1. The lowest BCUT2D eigenvalue weighted by Crippen LogP contribution is -2.19. The predicted molar refractivity (Wildman–Crippen MR) is 92.4 cm³/mol. The quantitative estimate of drug-likeness (QED) is 0.551. The zero-order chi connectivity index (χ0) is 16.5. The van der Waals surface area contributed by atoms with Crippen molar-refractivity contribution >= 4 is 23.4 Å². The van der Waals surface area contributed by atoms with E-state index in [0.29, 0.717) is 6.42 Å². The summed E-state index contributed by atoms with van der Waals surface area (Å²) in [7, 11) is 0. The zero-order valence-corrected chi connectivity index (χ0v) is 13.2. The molecule has 0 amide bonds. The molecule has 2 aromatic rings. The standard InChI is InChI=1S/C18H20N4O/c1-3-5-15(8-12-23)17-13-18(21-14-20-17)22(11-4-2)16-6-9-19-10-7-16/h3,5-7,9-10,12-14H,1,4,8,11H2,2H3. The third-order valence-electron chi connectivity index (χ3n) is 3.30. The topological polar surface area (TPSA) is 59.0 Å². The number of carbonyl (C=O) groups excluding carboxylic acids is 1. The molecule has 0 aliphatic rings. The van der Waals surface area contributed by atoms with E-state index in [0.717, 1.165) is 42.0 Å². The molecule has 2 heterocycles. The molecule has 0 radical (unpaired) electrons. The van der Waals surface area contributed by atoms with Crippen molar-refractivity contribution in [3.8, 4) is 0 Å². The fourth-order valence-electron chi connectivity index (χ4n) is 2.28. The summed E-state index contributed by atoms with van der Waals surface area (Å²) in [5, 5.41) is 0. The molecule has 0 atom stereocenters. The first-order chi connectivity index (χ1) is 11.3. The smallest absolute Gasteiger partial charge is 0.136 e. The van der Waals surface area contributed by atoms with E-state index in [4.69, 9.17) is 0 Å². The summed E-state index contributed by atoms with van der Waals surface area (Å²) in [6, 6.07) is 5.79. The van der Waals surface area contributed by atoms with Gasteiger partial charge in [-0.1, -0.05) is 25.7 Å². The SMILES string of the molecule is C=CC=C(CC=O)c1cc(N(CCC)c2ccncc2)ncn1. The number of anilines is 2. The lowest BCUT2D eigenvalue weighted by atomic mass is 10.1. The Hall–Kier alpha value is -2.82. The van der Waals surface area contributed by atoms with Crippen molar-refractivity contribution in [1.29, 1.82) is 0 Å². The van der Waals surface area contributed by atoms with Gasteiger partial charge in [-0.25, -0.2) is 9.97 Å². The Morgan fingerprint density at radius 3 is 2.74 bits per heavy atom. The Kier molecular flexibility index (Phi) is 6.17. The molecule has 2 aromatic heterocycles. The van der Waals surface area contributed by atoms with Crippen LogP contribution in [0.4, 0.5) is 11.5 Å². The van der Waals surface area contributed by atoms with E-state index in [-0.39, 0.29) is 0 Å². The molecule has 0 unspecified atom stereocenters. The minimum Gasteiger partial charge on any atom is -0.326 e. The summed E-state index contributed by atoms with van der Waals surface area (Å²) in [6.45, 7) is 6.63. The molecule has 0 aliphatic heterocycles. The van der Waals surface area contributed by atoms with Gasteiger partial charge in [-0.3, -0.25) is 4.98 Å². The number of aromatic nitrogens is 3. The van der Waals surface area contributed by atoms with Gasteiger partial charge in [-0.2, -0.15) is 0 Å². The Balaban J connectivity index is 2.41. The molecule has 5 heteroatoms. The van der Waals surface area contributed by atoms with Crippen molar-refractivity contribution in [1.82, 2.24) is 15.0 Å². The number of aldehydes is 1. The molecule has 0 N–H and O–H groups in total. The molecule has 0 fully saturated rings. The second kappa shape index (κ2) is 8.58. The molecule has 0 saturated carbocycles. The van der Waals surface area contributed by atoms with Gasteiger partial charge in [-0.15, -0.1) is 0 Å². The molecule has 0 aromatic carbocycles. The van der Waals surface area contributed by atoms with Crippen LogP contribution >= 0.6 is 0 Å². The summed E-state index contributed by atoms with van der Waals surface area (Å²) in [6.07, 6.45) is 10.6. The van der Waals surface area contributed by atoms with Crippen LogP contribution in [0.2, 0.25) is 0 Å². The summed E-state index contributed by atoms with van der Waals surface area (Å²) in [5.41, 5.74) is 2.58. The number of carbonyl (C=O) groups is 1. The van der Waals surface area contributed by atoms with Crippen molar-refractivity contribution in [2.75, 3.05) is 11.4 Å². The van der Waals surface area contributed by atoms with Gasteiger partial charge in [-0.05, 0) is 24.1 Å². The van der Waals surface area contributed by atoms with Crippen LogP contribution in [0.1, 0.15) is 25.5 Å². The van der Waals surface area contributed by atoms with E-state index >= 15 is 0 Å². The summed E-state index contributed by atoms with van der Waals surface area (Å²) >= 11 is 0. The highest BCUT2D eigenvalue weighted by atomic mass is 16.1. The molecule has 0 bridgehead atoms. The first-order valence-electron chi connectivity index (χ1n) is 7.55. The number of hydrogen-bond donors (Lipinski definition) is 0. The van der Waals surface area contributed by atoms with Crippen molar-refractivity contribution < 1.29 is 4.79 Å². The zero-order valence-electron chi connectivity index (χ0n) is 13.2. The van der Waals surface area contributed by atoms with Gasteiger partial charge in [0.15, 0.2) is 0 Å². The normalized spacial score (nSPS) is 11.1. The van der Waals surface area contributed by atoms with Crippen LogP contribution in [0.25, 0.3) is 5.57 Å². The van der Waals surface area contributed by atoms with Crippen molar-refractivity contribution in [2.24, 2.45) is 0 Å². The van der Waals surface area contributed by atoms with E-state index in [1.54, 1.807) is 24.5 Å². The van der Waals surface area contributed by atoms with Crippen LogP contribution in [0.5, 0.6) is 0 Å². The number of rotatable bonds is 8. The second-order valence-electron chi connectivity index (χ2n) is 4.92. The Morgan fingerprint density at radius 2 is 2.09 bits per heavy atom. The largest absolute Gasteiger partial charge is 0.326 e. The van der Waals surface area contributed by atoms with Crippen LogP contribution < -0.4 is 4.90 Å². The highest BCUT2D eigenvalue weighted by Crippen LogP contribution is 2.25. The van der Waals surface area contributed by atoms with E-state index in [2.05, 4.69) is 33.4 Å². The maximum Gasteiger partial charge on any atom is 0.136 e. The van der Waals surface area contributed by atoms with Gasteiger partial charge in [0.05, 0.1) is 5.69 Å². The van der Waals surface area contributed by atoms with Gasteiger partial charge in [0.2, 0.25) is 0 Å². The van der Waals surface area contributed by atoms with Gasteiger partial charge in [0, 0.05) is 37.1 Å².